The van der Waals surface area contributed by atoms with Gasteiger partial charge in [0.25, 0.3) is 40.9 Å². The topological polar surface area (TPSA) is 304 Å². The van der Waals surface area contributed by atoms with Crippen LogP contribution in [0.2, 0.25) is 0 Å². The second-order valence-electron chi connectivity index (χ2n) is 21.9. The Morgan fingerprint density at radius 1 is 0.551 bits per heavy atom. The zero-order valence-corrected chi connectivity index (χ0v) is 58.6. The summed E-state index contributed by atoms with van der Waals surface area (Å²) in [6.45, 7) is 0.988. The zero-order chi connectivity index (χ0) is 69.2. The van der Waals surface area contributed by atoms with E-state index in [2.05, 4.69) is 52.5 Å². The molecule has 3 aliphatic heterocycles. The third-order valence-electron chi connectivity index (χ3n) is 14.5. The van der Waals surface area contributed by atoms with Crippen LogP contribution in [0.4, 0.5) is 13.2 Å². The number of benzene rings is 6. The molecule has 3 radical (unpaired) electrons. The van der Waals surface area contributed by atoms with E-state index in [1.54, 1.807) is 49.6 Å². The molecule has 7 N–H and O–H groups in total. The van der Waals surface area contributed by atoms with E-state index >= 15 is 0 Å². The molecule has 98 heavy (non-hydrogen) atoms. The van der Waals surface area contributed by atoms with Crippen LogP contribution in [-0.4, -0.2) is 126 Å². The van der Waals surface area contributed by atoms with Gasteiger partial charge in [-0.05, 0) is 107 Å². The first-order chi connectivity index (χ1) is 45.9. The molecule has 3 atom stereocenters. The van der Waals surface area contributed by atoms with Gasteiger partial charge in [0.1, 0.15) is 19.8 Å². The van der Waals surface area contributed by atoms with Crippen molar-refractivity contribution < 1.29 is 62.2 Å². The molecule has 12 rings (SSSR count). The van der Waals surface area contributed by atoms with Gasteiger partial charge in [-0.2, -0.15) is 11.8 Å². The van der Waals surface area contributed by atoms with Crippen LogP contribution < -0.4 is 45.3 Å². The number of thioether (sulfide) groups is 1. The van der Waals surface area contributed by atoms with Crippen LogP contribution in [0, 0.1) is 17.5 Å². The number of carbonyl (C=O) groups excluding carboxylic acids is 2. The highest BCUT2D eigenvalue weighted by molar-refractivity contribution is 8.13. The van der Waals surface area contributed by atoms with Gasteiger partial charge in [0.05, 0.1) is 31.1 Å². The summed E-state index contributed by atoms with van der Waals surface area (Å²) < 4.78 is 138. The van der Waals surface area contributed by atoms with Gasteiger partial charge in [0.15, 0.2) is 49.8 Å². The lowest BCUT2D eigenvalue weighted by molar-refractivity contribution is 0.0947. The monoisotopic (exact) mass is 1460 g/mol. The highest BCUT2D eigenvalue weighted by atomic mass is 35.7. The quantitative estimate of drug-likeness (QED) is 0.0214. The van der Waals surface area contributed by atoms with E-state index in [1.807, 2.05) is 91.4 Å². The fourth-order valence-corrected chi connectivity index (χ4v) is 12.8. The third kappa shape index (κ3) is 21.9. The van der Waals surface area contributed by atoms with Gasteiger partial charge in [-0.1, -0.05) is 91.0 Å². The molecule has 3 aromatic heterocycles. The average molecular weight is 1470 g/mol. The van der Waals surface area contributed by atoms with E-state index in [1.165, 1.54) is 70.5 Å². The molecule has 0 aliphatic carbocycles. The van der Waals surface area contributed by atoms with Gasteiger partial charge in [-0.15, -0.1) is 12.4 Å². The number of hydrogen-bond donors (Lipinski definition) is 6. The van der Waals surface area contributed by atoms with E-state index < -0.39 is 46.5 Å². The summed E-state index contributed by atoms with van der Waals surface area (Å²) in [5, 5.41) is 8.88. The molecule has 2 amide bonds. The number of sulfonamides is 2. The molecular weight excluding hydrogens is 1390 g/mol. The van der Waals surface area contributed by atoms with Crippen LogP contribution in [0.3, 0.4) is 0 Å². The second kappa shape index (κ2) is 36.6. The number of imidazole rings is 3. The number of nitrogens with two attached hydrogens (primary N) is 1. The number of amides is 2. The van der Waals surface area contributed by atoms with Crippen molar-refractivity contribution in [2.45, 2.75) is 59.0 Å². The number of halogens is 5. The molecule has 3 aliphatic rings. The van der Waals surface area contributed by atoms with Crippen LogP contribution in [-0.2, 0) is 76.0 Å². The van der Waals surface area contributed by atoms with Crippen LogP contribution in [0.25, 0.3) is 0 Å². The van der Waals surface area contributed by atoms with E-state index in [4.69, 9.17) is 30.6 Å². The Labute approximate surface area is 584 Å². The summed E-state index contributed by atoms with van der Waals surface area (Å²) >= 11 is 1.75. The molecule has 0 fully saturated rings. The number of nitrogens with zero attached hydrogens (tertiary/aromatic N) is 6. The van der Waals surface area contributed by atoms with Crippen LogP contribution >= 0.6 is 34.9 Å². The van der Waals surface area contributed by atoms with Crippen molar-refractivity contribution in [1.29, 1.82) is 0 Å². The molecule has 0 bridgehead atoms. The normalized spacial score (nSPS) is 14.8. The summed E-state index contributed by atoms with van der Waals surface area (Å²) in [5.74, 6) is -2.03. The SMILES string of the molecule is CSC.Cl.Cn1cnc(S(=O)(=O)Cl)c1.Cn1cnc(S(=O)(=O)NCCOc2cc3c(cc2F)C(=O)NC3Cc2ccccc2)c1.Cn1cnc(S(=O)(=O)NCCOc2cc3c(cc2F)CNC3Cc2ccccc2)c1.NCCOc1cc2c(cc1F)C(=O)NC2Cc1ccccc1.[B]. The van der Waals surface area contributed by atoms with Gasteiger partial charge >= 0.3 is 0 Å². The molecule has 9 aromatic rings. The lowest BCUT2D eigenvalue weighted by atomic mass is 9.98. The second-order valence-corrected chi connectivity index (χ2v) is 28.6. The Balaban J connectivity index is 0.000000212. The molecular formula is C65H73BCl2F3N12O11S4. The van der Waals surface area contributed by atoms with Crippen LogP contribution in [0.15, 0.2) is 180 Å². The molecule has 521 valence electrons. The number of ether oxygens (including phenoxy) is 3. The summed E-state index contributed by atoms with van der Waals surface area (Å²) in [6, 6.07) is 37.9. The lowest BCUT2D eigenvalue weighted by Gasteiger charge is -2.14. The van der Waals surface area contributed by atoms with Crippen molar-refractivity contribution in [2.24, 2.45) is 26.9 Å². The van der Waals surface area contributed by atoms with Crippen molar-refractivity contribution in [2.75, 3.05) is 52.0 Å². The number of aromatic nitrogens is 6. The Kier molecular flexibility index (Phi) is 29.4. The highest BCUT2D eigenvalue weighted by Gasteiger charge is 2.33. The highest BCUT2D eigenvalue weighted by Crippen LogP contribution is 2.36. The lowest BCUT2D eigenvalue weighted by Crippen LogP contribution is -2.28. The van der Waals surface area contributed by atoms with Crippen molar-refractivity contribution in [3.63, 3.8) is 0 Å². The number of hydrogen-bond acceptors (Lipinski definition) is 17. The number of fused-ring (bicyclic) bond motifs is 3. The summed E-state index contributed by atoms with van der Waals surface area (Å²) in [5.41, 5.74) is 12.7. The fourth-order valence-electron chi connectivity index (χ4n) is 10.1. The number of aryl methyl sites for hydroxylation is 3. The molecule has 33 heteroatoms. The minimum Gasteiger partial charge on any atom is -0.489 e. The Hall–Kier alpha value is -8.24. The minimum absolute atomic E-state index is 0. The van der Waals surface area contributed by atoms with E-state index in [0.717, 1.165) is 40.3 Å². The Morgan fingerprint density at radius 3 is 1.24 bits per heavy atom. The number of nitrogens with one attached hydrogen (secondary N) is 5. The summed E-state index contributed by atoms with van der Waals surface area (Å²) in [4.78, 5) is 35.4. The molecule has 23 nitrogen and oxygen atoms in total. The molecule has 3 unspecified atom stereocenters. The maximum Gasteiger partial charge on any atom is 0.280 e. The minimum atomic E-state index is -3.77. The van der Waals surface area contributed by atoms with Crippen molar-refractivity contribution in [3.05, 3.63) is 232 Å². The van der Waals surface area contributed by atoms with Crippen molar-refractivity contribution >= 4 is 84.2 Å². The maximum absolute atomic E-state index is 14.4. The van der Waals surface area contributed by atoms with E-state index in [0.29, 0.717) is 37.1 Å². The zero-order valence-electron chi connectivity index (χ0n) is 53.8. The van der Waals surface area contributed by atoms with Gasteiger partial charge in [-0.3, -0.25) is 9.59 Å². The number of carbonyl (C=O) groups is 2. The Morgan fingerprint density at radius 2 is 0.898 bits per heavy atom. The van der Waals surface area contributed by atoms with Gasteiger partial charge in [0.2, 0.25) is 0 Å². The smallest absolute Gasteiger partial charge is 0.280 e. The van der Waals surface area contributed by atoms with Crippen LogP contribution in [0.1, 0.15) is 77.8 Å². The summed E-state index contributed by atoms with van der Waals surface area (Å²) in [7, 11) is -1.16. The molecule has 0 saturated carbocycles. The molecule has 0 spiro atoms. The van der Waals surface area contributed by atoms with Crippen molar-refractivity contribution in [3.8, 4) is 17.2 Å². The predicted molar refractivity (Wildman–Crippen MR) is 371 cm³/mol. The van der Waals surface area contributed by atoms with Gasteiger partial charge in [0, 0.05) is 102 Å². The maximum atomic E-state index is 14.4. The fraction of sp³-hybridized carbons (Fsp3) is 0.277. The van der Waals surface area contributed by atoms with E-state index in [9.17, 15) is 48.0 Å². The number of rotatable bonds is 22. The average Bonchev–Trinajstić information content (AvgIpc) is 1.65. The molecule has 0 saturated heterocycles. The first-order valence-electron chi connectivity index (χ1n) is 29.7. The standard InChI is InChI=1S/C21H21FN4O4S.C21H23FN4O3S.C17H17FN2O2.C4H5ClN2O2S.C2H6S.B.ClH/c1-26-12-20(23-13-26)31(28,29)24-7-8-30-19-11-15-16(10-17(19)22)21(27)25-18(15)9-14-5-3-2-4-6-14;1-26-13-21(24-14-26)30(27,28)25-7-8-29-20-11-17-16(10-18(20)22)12-23-19(17)9-15-5-3-2-4-6-15;18-14-9-13-12(10-16(14)22-7-6-19)15(20-17(13)21)8-11-4-2-1-3-5-11;1-7-2-4(6-3-7)10(5,8)9;1-3-2;;/h2-6,10-13,18,24H,7-9H2,1H3,(H,25,27);2-6,10-11,13-14,19,23,25H,7-9,12H2,1H3;1-5,9-10,15H,6-8,19H2,(H,20,21);2-3H,1H3;1-2H3;;1H. The third-order valence-corrected chi connectivity index (χ3v) is 18.4. The first-order valence-corrected chi connectivity index (χ1v) is 36.6. The largest absolute Gasteiger partial charge is 0.489 e. The van der Waals surface area contributed by atoms with Crippen molar-refractivity contribution in [1.82, 2.24) is 54.0 Å². The Bertz CT molecular complexity index is 4480. The van der Waals surface area contributed by atoms with Gasteiger partial charge < -0.3 is 49.6 Å². The predicted octanol–water partition coefficient (Wildman–Crippen LogP) is 7.81. The summed E-state index contributed by atoms with van der Waals surface area (Å²) in [6.07, 6.45) is 14.4. The first kappa shape index (κ1) is 78.8. The van der Waals surface area contributed by atoms with Gasteiger partial charge in [-0.25, -0.2) is 62.8 Å². The van der Waals surface area contributed by atoms with Crippen LogP contribution in [0.5, 0.6) is 17.2 Å². The van der Waals surface area contributed by atoms with E-state index in [-0.39, 0.29) is 122 Å². The molecule has 6 aromatic carbocycles. The molecule has 6 heterocycles.